The fourth-order valence-corrected chi connectivity index (χ4v) is 1.97. The highest BCUT2D eigenvalue weighted by atomic mass is 16.5. The summed E-state index contributed by atoms with van der Waals surface area (Å²) in [6.07, 6.45) is 4.67. The number of ether oxygens (including phenoxy) is 1. The summed E-state index contributed by atoms with van der Waals surface area (Å²) in [7, 11) is 0. The van der Waals surface area contributed by atoms with Crippen LogP contribution in [0.1, 0.15) is 31.4 Å². The molecule has 0 radical (unpaired) electrons. The smallest absolute Gasteiger partial charge is 0.152 e. The van der Waals surface area contributed by atoms with Crippen molar-refractivity contribution < 1.29 is 9.84 Å². The van der Waals surface area contributed by atoms with Crippen LogP contribution >= 0.6 is 0 Å². The molecule has 1 heterocycles. The fraction of sp³-hybridized carbons (Fsp3) is 0.385. The molecule has 0 amide bonds. The zero-order valence-electron chi connectivity index (χ0n) is 8.89. The molecule has 2 rings (SSSR count). The molecular formula is C13H16O2. The molecular weight excluding hydrogens is 188 g/mol. The first kappa shape index (κ1) is 10.2. The van der Waals surface area contributed by atoms with Crippen molar-refractivity contribution in [1.29, 1.82) is 0 Å². The van der Waals surface area contributed by atoms with Gasteiger partial charge in [-0.2, -0.15) is 0 Å². The second kappa shape index (κ2) is 4.07. The third kappa shape index (κ3) is 1.90. The summed E-state index contributed by atoms with van der Waals surface area (Å²) in [5, 5.41) is 10.4. The zero-order valence-corrected chi connectivity index (χ0v) is 8.89. The van der Waals surface area contributed by atoms with Crippen LogP contribution in [-0.4, -0.2) is 10.7 Å². The standard InChI is InChI=1S/C13H16O2/c1-2-13(14)9-6-10-15-12(13)11-7-4-3-5-8-11/h3-8,10,12,14H,2,9H2,1H3/t12-,13-/m0/s1. The average molecular weight is 204 g/mol. The maximum absolute atomic E-state index is 10.4. The topological polar surface area (TPSA) is 29.5 Å². The van der Waals surface area contributed by atoms with Gasteiger partial charge in [-0.05, 0) is 18.1 Å². The molecule has 2 atom stereocenters. The molecule has 15 heavy (non-hydrogen) atoms. The summed E-state index contributed by atoms with van der Waals surface area (Å²) < 4.78 is 5.54. The lowest BCUT2D eigenvalue weighted by Gasteiger charge is -2.36. The molecule has 1 aromatic rings. The molecule has 2 heteroatoms. The van der Waals surface area contributed by atoms with Crippen LogP contribution < -0.4 is 0 Å². The van der Waals surface area contributed by atoms with E-state index in [0.717, 1.165) is 5.56 Å². The molecule has 1 aliphatic heterocycles. The molecule has 0 aromatic heterocycles. The van der Waals surface area contributed by atoms with E-state index in [1.54, 1.807) is 6.26 Å². The predicted octanol–water partition coefficient (Wildman–Crippen LogP) is 2.80. The predicted molar refractivity (Wildman–Crippen MR) is 59.3 cm³/mol. The SMILES string of the molecule is CC[C@]1(O)CC=CO[C@H]1c1ccccc1. The van der Waals surface area contributed by atoms with Gasteiger partial charge in [0.1, 0.15) is 5.60 Å². The summed E-state index contributed by atoms with van der Waals surface area (Å²) in [5.41, 5.74) is 0.266. The van der Waals surface area contributed by atoms with E-state index in [1.807, 2.05) is 43.3 Å². The second-order valence-electron chi connectivity index (χ2n) is 3.96. The van der Waals surface area contributed by atoms with Gasteiger partial charge in [-0.25, -0.2) is 0 Å². The third-order valence-corrected chi connectivity index (χ3v) is 2.98. The van der Waals surface area contributed by atoms with Crippen molar-refractivity contribution in [2.24, 2.45) is 0 Å². The molecule has 1 N–H and O–H groups in total. The minimum absolute atomic E-state index is 0.242. The van der Waals surface area contributed by atoms with Gasteiger partial charge in [-0.1, -0.05) is 37.3 Å². The highest BCUT2D eigenvalue weighted by Gasteiger charge is 2.38. The van der Waals surface area contributed by atoms with E-state index in [4.69, 9.17) is 4.74 Å². The molecule has 0 unspecified atom stereocenters. The number of hydrogen-bond donors (Lipinski definition) is 1. The number of benzene rings is 1. The minimum atomic E-state index is -0.768. The van der Waals surface area contributed by atoms with Crippen molar-refractivity contribution in [3.8, 4) is 0 Å². The van der Waals surface area contributed by atoms with Gasteiger partial charge in [0, 0.05) is 6.42 Å². The summed E-state index contributed by atoms with van der Waals surface area (Å²) in [6, 6.07) is 9.88. The van der Waals surface area contributed by atoms with Crippen LogP contribution in [0.25, 0.3) is 0 Å². The van der Waals surface area contributed by atoms with Gasteiger partial charge in [-0.3, -0.25) is 0 Å². The lowest BCUT2D eigenvalue weighted by atomic mass is 9.84. The third-order valence-electron chi connectivity index (χ3n) is 2.98. The van der Waals surface area contributed by atoms with Crippen LogP contribution in [0.15, 0.2) is 42.7 Å². The summed E-state index contributed by atoms with van der Waals surface area (Å²) in [4.78, 5) is 0. The highest BCUT2D eigenvalue weighted by molar-refractivity contribution is 5.22. The quantitative estimate of drug-likeness (QED) is 0.802. The van der Waals surface area contributed by atoms with Gasteiger partial charge < -0.3 is 9.84 Å². The van der Waals surface area contributed by atoms with Crippen LogP contribution in [0.3, 0.4) is 0 Å². The maximum atomic E-state index is 10.4. The monoisotopic (exact) mass is 204 g/mol. The maximum Gasteiger partial charge on any atom is 0.152 e. The van der Waals surface area contributed by atoms with Gasteiger partial charge in [0.15, 0.2) is 6.10 Å². The summed E-state index contributed by atoms with van der Waals surface area (Å²) >= 11 is 0. The van der Waals surface area contributed by atoms with E-state index in [1.165, 1.54) is 0 Å². The van der Waals surface area contributed by atoms with Crippen LogP contribution in [0, 0.1) is 0 Å². The molecule has 0 spiro atoms. The Balaban J connectivity index is 2.31. The van der Waals surface area contributed by atoms with Gasteiger partial charge in [0.25, 0.3) is 0 Å². The Hall–Kier alpha value is -1.28. The van der Waals surface area contributed by atoms with Crippen LogP contribution in [0.5, 0.6) is 0 Å². The lowest BCUT2D eigenvalue weighted by molar-refractivity contribution is -0.0937. The normalized spacial score (nSPS) is 29.9. The molecule has 1 aliphatic rings. The number of aliphatic hydroxyl groups is 1. The van der Waals surface area contributed by atoms with Crippen molar-refractivity contribution >= 4 is 0 Å². The molecule has 80 valence electrons. The first-order valence-corrected chi connectivity index (χ1v) is 5.34. The van der Waals surface area contributed by atoms with Crippen LogP contribution in [0.2, 0.25) is 0 Å². The Morgan fingerprint density at radius 2 is 2.13 bits per heavy atom. The fourth-order valence-electron chi connectivity index (χ4n) is 1.97. The molecule has 0 fully saturated rings. The van der Waals surface area contributed by atoms with E-state index in [9.17, 15) is 5.11 Å². The van der Waals surface area contributed by atoms with Crippen molar-refractivity contribution in [2.75, 3.05) is 0 Å². The molecule has 0 saturated carbocycles. The van der Waals surface area contributed by atoms with Crippen molar-refractivity contribution in [2.45, 2.75) is 31.5 Å². The molecule has 0 bridgehead atoms. The molecule has 2 nitrogen and oxygen atoms in total. The second-order valence-corrected chi connectivity index (χ2v) is 3.96. The average Bonchev–Trinajstić information content (AvgIpc) is 2.31. The van der Waals surface area contributed by atoms with E-state index in [-0.39, 0.29) is 6.10 Å². The first-order chi connectivity index (χ1) is 7.26. The molecule has 0 saturated heterocycles. The highest BCUT2D eigenvalue weighted by Crippen LogP contribution is 2.37. The molecule has 1 aromatic carbocycles. The van der Waals surface area contributed by atoms with Crippen molar-refractivity contribution in [3.05, 3.63) is 48.2 Å². The van der Waals surface area contributed by atoms with E-state index < -0.39 is 5.60 Å². The van der Waals surface area contributed by atoms with Gasteiger partial charge in [-0.15, -0.1) is 0 Å². The van der Waals surface area contributed by atoms with Gasteiger partial charge in [0.2, 0.25) is 0 Å². The zero-order chi connectivity index (χ0) is 10.7. The van der Waals surface area contributed by atoms with Crippen LogP contribution in [0.4, 0.5) is 0 Å². The van der Waals surface area contributed by atoms with E-state index in [0.29, 0.717) is 12.8 Å². The number of hydrogen-bond acceptors (Lipinski definition) is 2. The minimum Gasteiger partial charge on any atom is -0.491 e. The Bertz CT molecular complexity index is 345. The van der Waals surface area contributed by atoms with Crippen LogP contribution in [-0.2, 0) is 4.74 Å². The van der Waals surface area contributed by atoms with E-state index in [2.05, 4.69) is 0 Å². The largest absolute Gasteiger partial charge is 0.491 e. The Morgan fingerprint density at radius 3 is 2.80 bits per heavy atom. The van der Waals surface area contributed by atoms with Crippen molar-refractivity contribution in [3.63, 3.8) is 0 Å². The van der Waals surface area contributed by atoms with E-state index >= 15 is 0 Å². The molecule has 0 aliphatic carbocycles. The lowest BCUT2D eigenvalue weighted by Crippen LogP contribution is -2.37. The number of rotatable bonds is 2. The Labute approximate surface area is 90.2 Å². The summed E-state index contributed by atoms with van der Waals surface area (Å²) in [5.74, 6) is 0. The Morgan fingerprint density at radius 1 is 1.40 bits per heavy atom. The summed E-state index contributed by atoms with van der Waals surface area (Å²) in [6.45, 7) is 1.98. The van der Waals surface area contributed by atoms with Gasteiger partial charge >= 0.3 is 0 Å². The van der Waals surface area contributed by atoms with Gasteiger partial charge in [0.05, 0.1) is 6.26 Å². The van der Waals surface area contributed by atoms with Crippen molar-refractivity contribution in [1.82, 2.24) is 0 Å². The Kier molecular flexibility index (Phi) is 2.78. The first-order valence-electron chi connectivity index (χ1n) is 5.34.